The van der Waals surface area contributed by atoms with Crippen molar-refractivity contribution in [1.82, 2.24) is 14.5 Å². The SMILES string of the molecule is C[C@@H](C(=O)NC1CCCC1)N(CCc1ccccc1)C(=O)CCN1C(=O)c2ccccc2S1(=O)=O. The van der Waals surface area contributed by atoms with Crippen LogP contribution in [0.25, 0.3) is 0 Å². The Morgan fingerprint density at radius 1 is 1.06 bits per heavy atom. The van der Waals surface area contributed by atoms with E-state index in [-0.39, 0.29) is 41.3 Å². The molecule has 0 bridgehead atoms. The highest BCUT2D eigenvalue weighted by Gasteiger charge is 2.41. The highest BCUT2D eigenvalue weighted by atomic mass is 32.2. The van der Waals surface area contributed by atoms with Gasteiger partial charge in [0.1, 0.15) is 10.9 Å². The summed E-state index contributed by atoms with van der Waals surface area (Å²) >= 11 is 0. The molecule has 2 aliphatic rings. The van der Waals surface area contributed by atoms with E-state index < -0.39 is 22.0 Å². The summed E-state index contributed by atoms with van der Waals surface area (Å²) in [6.45, 7) is 1.73. The summed E-state index contributed by atoms with van der Waals surface area (Å²) < 4.78 is 26.4. The molecule has 4 rings (SSSR count). The predicted octanol–water partition coefficient (Wildman–Crippen LogP) is 2.74. The molecule has 1 aliphatic heterocycles. The van der Waals surface area contributed by atoms with Gasteiger partial charge in [0, 0.05) is 25.6 Å². The number of fused-ring (bicyclic) bond motifs is 1. The van der Waals surface area contributed by atoms with E-state index in [0.717, 1.165) is 35.6 Å². The van der Waals surface area contributed by atoms with Gasteiger partial charge in [0.2, 0.25) is 11.8 Å². The largest absolute Gasteiger partial charge is 0.352 e. The van der Waals surface area contributed by atoms with Gasteiger partial charge in [-0.25, -0.2) is 12.7 Å². The van der Waals surface area contributed by atoms with Crippen LogP contribution in [-0.2, 0) is 26.0 Å². The van der Waals surface area contributed by atoms with Gasteiger partial charge in [-0.2, -0.15) is 0 Å². The van der Waals surface area contributed by atoms with Crippen molar-refractivity contribution in [3.63, 3.8) is 0 Å². The number of benzene rings is 2. The maximum Gasteiger partial charge on any atom is 0.269 e. The lowest BCUT2D eigenvalue weighted by Gasteiger charge is -2.30. The molecule has 0 saturated heterocycles. The Hall–Kier alpha value is -3.20. The second kappa shape index (κ2) is 10.6. The second-order valence-corrected chi connectivity index (χ2v) is 10.9. The van der Waals surface area contributed by atoms with Gasteiger partial charge < -0.3 is 10.2 Å². The zero-order valence-electron chi connectivity index (χ0n) is 19.9. The van der Waals surface area contributed by atoms with E-state index in [1.165, 1.54) is 17.0 Å². The van der Waals surface area contributed by atoms with Crippen LogP contribution in [0.5, 0.6) is 0 Å². The third-order valence-corrected chi connectivity index (χ3v) is 8.63. The molecule has 1 atom stereocenters. The third kappa shape index (κ3) is 5.40. The number of rotatable bonds is 9. The lowest BCUT2D eigenvalue weighted by Crippen LogP contribution is -2.51. The normalized spacial score (nSPS) is 17.7. The highest BCUT2D eigenvalue weighted by Crippen LogP contribution is 2.30. The number of carbonyl (C=O) groups is 3. The Bertz CT molecular complexity index is 1190. The molecular weight excluding hydrogens is 466 g/mol. The van der Waals surface area contributed by atoms with Crippen molar-refractivity contribution in [2.45, 2.75) is 62.4 Å². The van der Waals surface area contributed by atoms with Gasteiger partial charge in [-0.05, 0) is 43.9 Å². The van der Waals surface area contributed by atoms with Crippen LogP contribution in [0.4, 0.5) is 0 Å². The molecule has 186 valence electrons. The number of amides is 3. The summed E-state index contributed by atoms with van der Waals surface area (Å²) in [7, 11) is -3.99. The quantitative estimate of drug-likeness (QED) is 0.574. The maximum atomic E-state index is 13.3. The summed E-state index contributed by atoms with van der Waals surface area (Å²) in [5.41, 5.74) is 1.15. The minimum absolute atomic E-state index is 0.0392. The molecule has 35 heavy (non-hydrogen) atoms. The molecule has 1 saturated carbocycles. The van der Waals surface area contributed by atoms with Crippen molar-refractivity contribution in [2.75, 3.05) is 13.1 Å². The van der Waals surface area contributed by atoms with Crippen molar-refractivity contribution in [2.24, 2.45) is 0 Å². The molecule has 8 nitrogen and oxygen atoms in total. The van der Waals surface area contributed by atoms with Crippen LogP contribution < -0.4 is 5.32 Å². The Morgan fingerprint density at radius 2 is 1.71 bits per heavy atom. The standard InChI is InChI=1S/C26H31N3O5S/c1-19(25(31)27-21-11-5-6-12-21)28(17-15-20-9-3-2-4-10-20)24(30)16-18-29-26(32)22-13-7-8-14-23(22)35(29,33)34/h2-4,7-10,13-14,19,21H,5-6,11-12,15-18H2,1H3,(H,27,31)/t19-/m0/s1. The average molecular weight is 498 g/mol. The summed E-state index contributed by atoms with van der Waals surface area (Å²) in [6.07, 6.45) is 4.39. The molecule has 0 aromatic heterocycles. The van der Waals surface area contributed by atoms with E-state index in [2.05, 4.69) is 5.32 Å². The fourth-order valence-electron chi connectivity index (χ4n) is 4.76. The molecule has 1 fully saturated rings. The Kier molecular flexibility index (Phi) is 7.54. The summed E-state index contributed by atoms with van der Waals surface area (Å²) in [6, 6.07) is 15.1. The number of carbonyl (C=O) groups excluding carboxylic acids is 3. The number of sulfonamides is 1. The van der Waals surface area contributed by atoms with Crippen molar-refractivity contribution in [3.05, 3.63) is 65.7 Å². The first-order valence-electron chi connectivity index (χ1n) is 12.1. The molecule has 0 radical (unpaired) electrons. The molecule has 0 unspecified atom stereocenters. The zero-order valence-corrected chi connectivity index (χ0v) is 20.7. The summed E-state index contributed by atoms with van der Waals surface area (Å²) in [5.74, 6) is -1.21. The van der Waals surface area contributed by atoms with E-state index in [1.807, 2.05) is 30.3 Å². The molecule has 2 aromatic rings. The summed E-state index contributed by atoms with van der Waals surface area (Å²) in [5, 5.41) is 3.05. The molecule has 1 N–H and O–H groups in total. The molecule has 2 aromatic carbocycles. The molecule has 3 amide bonds. The fraction of sp³-hybridized carbons (Fsp3) is 0.423. The van der Waals surface area contributed by atoms with Crippen molar-refractivity contribution >= 4 is 27.7 Å². The smallest absolute Gasteiger partial charge is 0.269 e. The van der Waals surface area contributed by atoms with E-state index in [4.69, 9.17) is 0 Å². The number of hydrogen-bond acceptors (Lipinski definition) is 5. The van der Waals surface area contributed by atoms with Gasteiger partial charge in [-0.15, -0.1) is 0 Å². The van der Waals surface area contributed by atoms with E-state index >= 15 is 0 Å². The predicted molar refractivity (Wildman–Crippen MR) is 131 cm³/mol. The first-order chi connectivity index (χ1) is 16.8. The van der Waals surface area contributed by atoms with Crippen molar-refractivity contribution in [1.29, 1.82) is 0 Å². The lowest BCUT2D eigenvalue weighted by molar-refractivity contribution is -0.140. The van der Waals surface area contributed by atoms with Gasteiger partial charge >= 0.3 is 0 Å². The topological polar surface area (TPSA) is 104 Å². The monoisotopic (exact) mass is 497 g/mol. The fourth-order valence-corrected chi connectivity index (χ4v) is 6.32. The van der Waals surface area contributed by atoms with Gasteiger partial charge in [0.05, 0.1) is 5.56 Å². The van der Waals surface area contributed by atoms with Gasteiger partial charge in [-0.1, -0.05) is 55.3 Å². The third-order valence-electron chi connectivity index (χ3n) is 6.79. The van der Waals surface area contributed by atoms with Crippen molar-refractivity contribution in [3.8, 4) is 0 Å². The summed E-state index contributed by atoms with van der Waals surface area (Å²) in [4.78, 5) is 40.4. The molecular formula is C26H31N3O5S. The Labute approximate surface area is 206 Å². The minimum Gasteiger partial charge on any atom is -0.352 e. The van der Waals surface area contributed by atoms with E-state index in [1.54, 1.807) is 19.1 Å². The second-order valence-electron chi connectivity index (χ2n) is 9.12. The van der Waals surface area contributed by atoms with Crippen LogP contribution in [0, 0.1) is 0 Å². The van der Waals surface area contributed by atoms with Gasteiger partial charge in [-0.3, -0.25) is 14.4 Å². The van der Waals surface area contributed by atoms with E-state index in [9.17, 15) is 22.8 Å². The van der Waals surface area contributed by atoms with Crippen LogP contribution in [0.2, 0.25) is 0 Å². The first kappa shape index (κ1) is 24.9. The Morgan fingerprint density at radius 3 is 2.40 bits per heavy atom. The first-order valence-corrected chi connectivity index (χ1v) is 13.5. The van der Waals surface area contributed by atoms with Crippen molar-refractivity contribution < 1.29 is 22.8 Å². The van der Waals surface area contributed by atoms with Crippen LogP contribution in [0.1, 0.15) is 54.9 Å². The molecule has 0 spiro atoms. The highest BCUT2D eigenvalue weighted by molar-refractivity contribution is 7.90. The maximum absolute atomic E-state index is 13.3. The molecule has 9 heteroatoms. The van der Waals surface area contributed by atoms with Gasteiger partial charge in [0.15, 0.2) is 0 Å². The molecule has 1 aliphatic carbocycles. The average Bonchev–Trinajstić information content (AvgIpc) is 3.43. The van der Waals surface area contributed by atoms with E-state index in [0.29, 0.717) is 13.0 Å². The molecule has 1 heterocycles. The van der Waals surface area contributed by atoms with Crippen LogP contribution in [0.3, 0.4) is 0 Å². The number of hydrogen-bond donors (Lipinski definition) is 1. The van der Waals surface area contributed by atoms with Crippen LogP contribution in [0.15, 0.2) is 59.5 Å². The lowest BCUT2D eigenvalue weighted by atomic mass is 10.1. The van der Waals surface area contributed by atoms with Crippen LogP contribution >= 0.6 is 0 Å². The number of nitrogens with zero attached hydrogens (tertiary/aromatic N) is 2. The minimum atomic E-state index is -3.99. The van der Waals surface area contributed by atoms with Gasteiger partial charge in [0.25, 0.3) is 15.9 Å². The Balaban J connectivity index is 1.46. The number of nitrogens with one attached hydrogen (secondary N) is 1. The van der Waals surface area contributed by atoms with Crippen LogP contribution in [-0.4, -0.2) is 60.5 Å². The zero-order chi connectivity index (χ0) is 25.0.